The van der Waals surface area contributed by atoms with E-state index in [4.69, 9.17) is 4.42 Å². The maximum absolute atomic E-state index is 15.3. The molecule has 1 saturated carbocycles. The average Bonchev–Trinajstić information content (AvgIpc) is 3.23. The second kappa shape index (κ2) is 8.55. The van der Waals surface area contributed by atoms with Gasteiger partial charge in [0.15, 0.2) is 0 Å². The highest BCUT2D eigenvalue weighted by Crippen LogP contribution is 2.57. The van der Waals surface area contributed by atoms with E-state index in [1.807, 2.05) is 5.10 Å². The molecular weight excluding hydrogens is 502 g/mol. The van der Waals surface area contributed by atoms with Crippen molar-refractivity contribution < 1.29 is 30.4 Å². The Morgan fingerprint density at radius 1 is 1.11 bits per heavy atom. The van der Waals surface area contributed by atoms with Gasteiger partial charge < -0.3 is 4.42 Å². The van der Waals surface area contributed by atoms with Crippen molar-refractivity contribution in [2.75, 3.05) is 0 Å². The fourth-order valence-electron chi connectivity index (χ4n) is 5.32. The molecule has 2 fully saturated rings. The Labute approximate surface area is 204 Å². The first-order chi connectivity index (χ1) is 16.9. The van der Waals surface area contributed by atoms with E-state index in [1.165, 1.54) is 0 Å². The topological polar surface area (TPSA) is 96.3 Å². The maximum Gasteiger partial charge on any atom is 0.434 e. The Bertz CT molecular complexity index is 1450. The molecule has 0 unspecified atom stereocenters. The van der Waals surface area contributed by atoms with Gasteiger partial charge in [-0.15, -0.1) is 5.10 Å². The predicted molar refractivity (Wildman–Crippen MR) is 121 cm³/mol. The summed E-state index contributed by atoms with van der Waals surface area (Å²) < 4.78 is 91.3. The van der Waals surface area contributed by atoms with Crippen LogP contribution < -0.4 is 5.76 Å². The van der Waals surface area contributed by atoms with Crippen LogP contribution in [0.5, 0.6) is 0 Å². The fraction of sp³-hybridized carbons (Fsp3) is 0.417. The summed E-state index contributed by atoms with van der Waals surface area (Å²) in [7, 11) is -3.90. The summed E-state index contributed by atoms with van der Waals surface area (Å²) in [6, 6.07) is 9.82. The molecule has 2 aliphatic rings. The molecule has 12 heteroatoms. The van der Waals surface area contributed by atoms with E-state index >= 15 is 8.78 Å². The van der Waals surface area contributed by atoms with Gasteiger partial charge in [-0.05, 0) is 37.5 Å². The largest absolute Gasteiger partial charge is 0.434 e. The number of aromatic nitrogens is 2. The third kappa shape index (κ3) is 4.05. The molecule has 1 aromatic heterocycles. The third-order valence-electron chi connectivity index (χ3n) is 7.14. The fourth-order valence-corrected chi connectivity index (χ4v) is 7.51. The lowest BCUT2D eigenvalue weighted by atomic mass is 9.61. The molecule has 1 aliphatic carbocycles. The minimum absolute atomic E-state index is 0.231. The SMILES string of the molecule is C[C@H]1CC[C@H](c2ccccc2)S(=O)(=O)N1Cc1cc(F)c(C2(c3n[nH]c(=O)o3)CC(F)(F)C2)cc1F. The van der Waals surface area contributed by atoms with Crippen LogP contribution in [0.1, 0.15) is 60.4 Å². The van der Waals surface area contributed by atoms with Gasteiger partial charge in [-0.2, -0.15) is 4.31 Å². The van der Waals surface area contributed by atoms with Crippen molar-refractivity contribution >= 4 is 10.0 Å². The summed E-state index contributed by atoms with van der Waals surface area (Å²) >= 11 is 0. The van der Waals surface area contributed by atoms with Crippen molar-refractivity contribution in [3.05, 3.63) is 87.2 Å². The van der Waals surface area contributed by atoms with E-state index in [0.29, 0.717) is 18.4 Å². The van der Waals surface area contributed by atoms with Crippen LogP contribution in [0.2, 0.25) is 0 Å². The first-order valence-electron chi connectivity index (χ1n) is 11.4. The second-order valence-corrected chi connectivity index (χ2v) is 11.6. The number of benzene rings is 2. The van der Waals surface area contributed by atoms with Gasteiger partial charge in [0, 0.05) is 36.6 Å². The van der Waals surface area contributed by atoms with E-state index in [1.54, 1.807) is 37.3 Å². The van der Waals surface area contributed by atoms with Crippen LogP contribution in [-0.2, 0) is 22.0 Å². The lowest BCUT2D eigenvalue weighted by molar-refractivity contribution is -0.121. The van der Waals surface area contributed by atoms with E-state index < -0.39 is 80.9 Å². The van der Waals surface area contributed by atoms with Crippen molar-refractivity contribution in [2.45, 2.75) is 61.8 Å². The highest BCUT2D eigenvalue weighted by atomic mass is 32.2. The number of sulfonamides is 1. The van der Waals surface area contributed by atoms with Gasteiger partial charge >= 0.3 is 5.76 Å². The molecular formula is C24H23F4N3O4S. The number of hydrogen-bond donors (Lipinski definition) is 1. The van der Waals surface area contributed by atoms with Crippen LogP contribution in [0.4, 0.5) is 17.6 Å². The van der Waals surface area contributed by atoms with Crippen LogP contribution in [0.15, 0.2) is 51.7 Å². The van der Waals surface area contributed by atoms with Crippen LogP contribution in [0, 0.1) is 11.6 Å². The molecule has 1 aliphatic heterocycles. The number of alkyl halides is 2. The number of nitrogens with zero attached hydrogens (tertiary/aromatic N) is 2. The second-order valence-electron chi connectivity index (χ2n) is 9.55. The van der Waals surface area contributed by atoms with Crippen molar-refractivity contribution in [3.8, 4) is 0 Å². The zero-order valence-corrected chi connectivity index (χ0v) is 20.0. The molecule has 7 nitrogen and oxygen atoms in total. The van der Waals surface area contributed by atoms with Gasteiger partial charge in [-0.3, -0.25) is 0 Å². The normalized spacial score (nSPS) is 24.8. The van der Waals surface area contributed by atoms with Gasteiger partial charge in [0.2, 0.25) is 15.9 Å². The Kier molecular flexibility index (Phi) is 5.86. The number of hydrogen-bond acceptors (Lipinski definition) is 5. The predicted octanol–water partition coefficient (Wildman–Crippen LogP) is 4.41. The van der Waals surface area contributed by atoms with Crippen molar-refractivity contribution in [2.24, 2.45) is 0 Å². The highest BCUT2D eigenvalue weighted by molar-refractivity contribution is 7.89. The molecule has 2 atom stereocenters. The van der Waals surface area contributed by atoms with E-state index in [9.17, 15) is 22.0 Å². The number of aromatic amines is 1. The summed E-state index contributed by atoms with van der Waals surface area (Å²) in [6.45, 7) is 1.28. The van der Waals surface area contributed by atoms with Gasteiger partial charge in [-0.1, -0.05) is 30.3 Å². The molecule has 1 N–H and O–H groups in total. The number of nitrogens with one attached hydrogen (secondary N) is 1. The van der Waals surface area contributed by atoms with Crippen LogP contribution in [0.3, 0.4) is 0 Å². The first-order valence-corrected chi connectivity index (χ1v) is 12.9. The lowest BCUT2D eigenvalue weighted by Gasteiger charge is -2.45. The zero-order chi connectivity index (χ0) is 25.9. The Hall–Kier alpha value is -2.99. The summed E-state index contributed by atoms with van der Waals surface area (Å²) in [5.74, 6) is -6.61. The Morgan fingerprint density at radius 2 is 1.81 bits per heavy atom. The molecule has 0 bridgehead atoms. The minimum Gasteiger partial charge on any atom is -0.391 e. The number of halogens is 4. The molecule has 2 heterocycles. The van der Waals surface area contributed by atoms with E-state index in [2.05, 4.69) is 5.10 Å². The van der Waals surface area contributed by atoms with Crippen LogP contribution in [0.25, 0.3) is 0 Å². The van der Waals surface area contributed by atoms with Gasteiger partial charge in [-0.25, -0.2) is 35.9 Å². The zero-order valence-electron chi connectivity index (χ0n) is 19.2. The average molecular weight is 526 g/mol. The monoisotopic (exact) mass is 525 g/mol. The van der Waals surface area contributed by atoms with E-state index in [-0.39, 0.29) is 5.56 Å². The standard InChI is InChI=1S/C24H23F4N3O4S/c1-14-7-8-20(15-5-3-2-4-6-15)36(33,34)31(14)11-16-9-19(26)17(10-18(16)25)23(12-24(27,28)13-23)21-29-30-22(32)35-21/h2-6,9-10,14,20H,7-8,11-13H2,1H3,(H,30,32)/t14-,20+/m0/s1. The number of rotatable bonds is 5. The molecule has 5 rings (SSSR count). The molecule has 0 radical (unpaired) electrons. The molecule has 0 spiro atoms. The molecule has 1 saturated heterocycles. The van der Waals surface area contributed by atoms with Crippen molar-refractivity contribution in [1.29, 1.82) is 0 Å². The third-order valence-corrected chi connectivity index (χ3v) is 9.51. The first kappa shape index (κ1) is 24.7. The van der Waals surface area contributed by atoms with Crippen LogP contribution >= 0.6 is 0 Å². The van der Waals surface area contributed by atoms with Crippen molar-refractivity contribution in [3.63, 3.8) is 0 Å². The molecule has 192 valence electrons. The summed E-state index contributed by atoms with van der Waals surface area (Å²) in [5.41, 5.74) is -1.87. The molecule has 3 aromatic rings. The highest BCUT2D eigenvalue weighted by Gasteiger charge is 2.62. The lowest BCUT2D eigenvalue weighted by Crippen LogP contribution is -2.51. The van der Waals surface area contributed by atoms with Gasteiger partial charge in [0.05, 0.1) is 5.41 Å². The Balaban J connectivity index is 1.49. The quantitative estimate of drug-likeness (QED) is 0.498. The van der Waals surface area contributed by atoms with E-state index in [0.717, 1.165) is 16.4 Å². The molecule has 2 aromatic carbocycles. The summed E-state index contributed by atoms with van der Waals surface area (Å²) in [4.78, 5) is 11.4. The minimum atomic E-state index is -3.90. The smallest absolute Gasteiger partial charge is 0.391 e. The van der Waals surface area contributed by atoms with Crippen molar-refractivity contribution in [1.82, 2.24) is 14.5 Å². The summed E-state index contributed by atoms with van der Waals surface area (Å²) in [5, 5.41) is 4.74. The molecule has 36 heavy (non-hydrogen) atoms. The molecule has 0 amide bonds. The van der Waals surface area contributed by atoms with Crippen LogP contribution in [-0.4, -0.2) is 34.9 Å². The number of H-pyrrole nitrogens is 1. The maximum atomic E-state index is 15.3. The van der Waals surface area contributed by atoms with Gasteiger partial charge in [0.25, 0.3) is 5.92 Å². The Morgan fingerprint density at radius 3 is 2.42 bits per heavy atom. The summed E-state index contributed by atoms with van der Waals surface area (Å²) in [6.07, 6.45) is -0.914. The van der Waals surface area contributed by atoms with Gasteiger partial charge in [0.1, 0.15) is 16.9 Å².